The lowest BCUT2D eigenvalue weighted by atomic mass is 9.99. The van der Waals surface area contributed by atoms with Crippen LogP contribution in [0, 0.1) is 12.8 Å². The minimum atomic E-state index is -3.51. The van der Waals surface area contributed by atoms with Crippen molar-refractivity contribution in [2.24, 2.45) is 5.92 Å². The number of benzene rings is 1. The normalized spacial score (nSPS) is 18.4. The molecule has 0 spiro atoms. The van der Waals surface area contributed by atoms with E-state index in [2.05, 4.69) is 14.5 Å². The molecule has 7 nitrogen and oxygen atoms in total. The monoisotopic (exact) mass is 400 g/mol. The van der Waals surface area contributed by atoms with E-state index in [1.165, 1.54) is 0 Å². The van der Waals surface area contributed by atoms with Gasteiger partial charge in [0.15, 0.2) is 5.65 Å². The summed E-state index contributed by atoms with van der Waals surface area (Å²) in [5.41, 5.74) is 1.73. The van der Waals surface area contributed by atoms with Crippen molar-refractivity contribution in [3.63, 3.8) is 0 Å². The fourth-order valence-corrected chi connectivity index (χ4v) is 5.39. The quantitative estimate of drug-likeness (QED) is 0.658. The van der Waals surface area contributed by atoms with Gasteiger partial charge in [-0.05, 0) is 62.1 Å². The first kappa shape index (κ1) is 18.9. The van der Waals surface area contributed by atoms with Crippen molar-refractivity contribution in [2.45, 2.75) is 31.2 Å². The van der Waals surface area contributed by atoms with Crippen molar-refractivity contribution < 1.29 is 13.2 Å². The lowest BCUT2D eigenvalue weighted by molar-refractivity contribution is 0.245. The van der Waals surface area contributed by atoms with Gasteiger partial charge in [0.2, 0.25) is 10.0 Å². The molecule has 1 aliphatic heterocycles. The second kappa shape index (κ2) is 7.52. The number of pyridine rings is 1. The lowest BCUT2D eigenvalue weighted by Crippen LogP contribution is -2.41. The zero-order valence-corrected chi connectivity index (χ0v) is 16.9. The molecule has 28 heavy (non-hydrogen) atoms. The topological polar surface area (TPSA) is 77.3 Å². The molecule has 148 valence electrons. The van der Waals surface area contributed by atoms with E-state index >= 15 is 0 Å². The zero-order valence-electron chi connectivity index (χ0n) is 16.1. The largest absolute Gasteiger partial charge is 0.497 e. The molecule has 1 fully saturated rings. The number of aromatic nitrogens is 3. The van der Waals surface area contributed by atoms with E-state index in [1.54, 1.807) is 41.9 Å². The molecular weight excluding hydrogens is 376 g/mol. The van der Waals surface area contributed by atoms with E-state index in [1.807, 2.05) is 19.1 Å². The second-order valence-electron chi connectivity index (χ2n) is 7.16. The molecule has 0 aliphatic carbocycles. The van der Waals surface area contributed by atoms with E-state index < -0.39 is 10.0 Å². The van der Waals surface area contributed by atoms with Crippen LogP contribution in [0.3, 0.4) is 0 Å². The van der Waals surface area contributed by atoms with Gasteiger partial charge in [0.05, 0.1) is 12.0 Å². The third-order valence-electron chi connectivity index (χ3n) is 5.31. The third-order valence-corrected chi connectivity index (χ3v) is 7.19. The number of rotatable bonds is 5. The van der Waals surface area contributed by atoms with Crippen molar-refractivity contribution >= 4 is 21.2 Å². The molecule has 1 aliphatic rings. The smallest absolute Gasteiger partial charge is 0.243 e. The number of aryl methyl sites for hydroxylation is 1. The minimum Gasteiger partial charge on any atom is -0.497 e. The van der Waals surface area contributed by atoms with Crippen LogP contribution in [-0.2, 0) is 16.6 Å². The average molecular weight is 401 g/mol. The minimum absolute atomic E-state index is 0.222. The summed E-state index contributed by atoms with van der Waals surface area (Å²) in [5.74, 6) is 1.77. The highest BCUT2D eigenvalue weighted by Gasteiger charge is 2.31. The first-order valence-electron chi connectivity index (χ1n) is 9.41. The van der Waals surface area contributed by atoms with E-state index in [4.69, 9.17) is 4.74 Å². The molecular formula is C20H24N4O3S. The predicted molar refractivity (Wildman–Crippen MR) is 107 cm³/mol. The van der Waals surface area contributed by atoms with Crippen LogP contribution in [0.15, 0.2) is 47.5 Å². The van der Waals surface area contributed by atoms with E-state index in [0.717, 1.165) is 29.8 Å². The first-order chi connectivity index (χ1) is 13.5. The molecule has 0 N–H and O–H groups in total. The molecule has 3 heterocycles. The summed E-state index contributed by atoms with van der Waals surface area (Å²) in [6.07, 6.45) is 3.60. The van der Waals surface area contributed by atoms with Gasteiger partial charge in [-0.2, -0.15) is 4.31 Å². The summed E-state index contributed by atoms with van der Waals surface area (Å²) >= 11 is 0. The number of fused-ring (bicyclic) bond motifs is 1. The maximum atomic E-state index is 13.1. The summed E-state index contributed by atoms with van der Waals surface area (Å²) in [5, 5.41) is 0. The van der Waals surface area contributed by atoms with E-state index in [9.17, 15) is 8.42 Å². The molecule has 0 bridgehead atoms. The number of nitrogens with zero attached hydrogens (tertiary/aromatic N) is 4. The Balaban J connectivity index is 1.54. The summed E-state index contributed by atoms with van der Waals surface area (Å²) in [6, 6.07) is 10.4. The Morgan fingerprint density at radius 1 is 1.21 bits per heavy atom. The zero-order chi connectivity index (χ0) is 19.7. The van der Waals surface area contributed by atoms with Crippen molar-refractivity contribution in [3.8, 4) is 5.75 Å². The summed E-state index contributed by atoms with van der Waals surface area (Å²) < 4.78 is 35.0. The number of sulfonamides is 1. The van der Waals surface area contributed by atoms with Crippen LogP contribution in [-0.4, -0.2) is 47.5 Å². The molecule has 1 atom stereocenters. The molecule has 4 rings (SSSR count). The highest BCUT2D eigenvalue weighted by molar-refractivity contribution is 7.89. The molecule has 0 amide bonds. The molecule has 1 aromatic carbocycles. The Kier molecular flexibility index (Phi) is 5.07. The van der Waals surface area contributed by atoms with Gasteiger partial charge in [0, 0.05) is 25.8 Å². The van der Waals surface area contributed by atoms with Crippen molar-refractivity contribution in [1.82, 2.24) is 18.8 Å². The maximum absolute atomic E-state index is 13.1. The van der Waals surface area contributed by atoms with Crippen molar-refractivity contribution in [3.05, 3.63) is 48.4 Å². The van der Waals surface area contributed by atoms with Crippen LogP contribution in [0.1, 0.15) is 18.7 Å². The van der Waals surface area contributed by atoms with Gasteiger partial charge in [-0.15, -0.1) is 0 Å². The molecule has 0 radical (unpaired) electrons. The van der Waals surface area contributed by atoms with Crippen LogP contribution in [0.25, 0.3) is 11.2 Å². The van der Waals surface area contributed by atoms with Crippen molar-refractivity contribution in [1.29, 1.82) is 0 Å². The van der Waals surface area contributed by atoms with Gasteiger partial charge in [-0.3, -0.25) is 0 Å². The van der Waals surface area contributed by atoms with Crippen LogP contribution < -0.4 is 4.74 Å². The Hall–Kier alpha value is -2.45. The van der Waals surface area contributed by atoms with E-state index in [0.29, 0.717) is 30.3 Å². The van der Waals surface area contributed by atoms with Gasteiger partial charge in [0.25, 0.3) is 0 Å². The second-order valence-corrected chi connectivity index (χ2v) is 9.10. The van der Waals surface area contributed by atoms with Crippen LogP contribution in [0.4, 0.5) is 0 Å². The Morgan fingerprint density at radius 3 is 2.75 bits per heavy atom. The molecule has 1 saturated heterocycles. The summed E-state index contributed by atoms with van der Waals surface area (Å²) in [4.78, 5) is 9.33. The van der Waals surface area contributed by atoms with Crippen LogP contribution in [0.5, 0.6) is 5.75 Å². The number of imidazole rings is 1. The fourth-order valence-electron chi connectivity index (χ4n) is 3.84. The predicted octanol–water partition coefficient (Wildman–Crippen LogP) is 2.85. The SMILES string of the molecule is COc1ccc(S(=O)(=O)N2CCCC(Cn3c(C)nc4cccnc43)C2)cc1. The van der Waals surface area contributed by atoms with Gasteiger partial charge in [0.1, 0.15) is 17.1 Å². The number of hydrogen-bond acceptors (Lipinski definition) is 5. The number of methoxy groups -OCH3 is 1. The van der Waals surface area contributed by atoms with Crippen LogP contribution >= 0.6 is 0 Å². The molecule has 8 heteroatoms. The number of piperidine rings is 1. The highest BCUT2D eigenvalue weighted by Crippen LogP contribution is 2.27. The average Bonchev–Trinajstić information content (AvgIpc) is 3.03. The Labute approximate surface area is 165 Å². The van der Waals surface area contributed by atoms with Gasteiger partial charge in [-0.1, -0.05) is 0 Å². The Bertz CT molecular complexity index is 1080. The van der Waals surface area contributed by atoms with E-state index in [-0.39, 0.29) is 5.92 Å². The molecule has 3 aromatic rings. The maximum Gasteiger partial charge on any atom is 0.243 e. The first-order valence-corrected chi connectivity index (χ1v) is 10.8. The van der Waals surface area contributed by atoms with Gasteiger partial charge >= 0.3 is 0 Å². The number of hydrogen-bond donors (Lipinski definition) is 0. The molecule has 2 aromatic heterocycles. The lowest BCUT2D eigenvalue weighted by Gasteiger charge is -2.32. The molecule has 0 saturated carbocycles. The van der Waals surface area contributed by atoms with Crippen LogP contribution in [0.2, 0.25) is 0 Å². The van der Waals surface area contributed by atoms with Gasteiger partial charge < -0.3 is 9.30 Å². The summed E-state index contributed by atoms with van der Waals surface area (Å²) in [7, 11) is -1.95. The summed E-state index contributed by atoms with van der Waals surface area (Å²) in [6.45, 7) is 3.73. The molecule has 1 unspecified atom stereocenters. The Morgan fingerprint density at radius 2 is 2.00 bits per heavy atom. The fraction of sp³-hybridized carbons (Fsp3) is 0.400. The third kappa shape index (κ3) is 3.49. The highest BCUT2D eigenvalue weighted by atomic mass is 32.2. The van der Waals surface area contributed by atoms with Gasteiger partial charge in [-0.25, -0.2) is 18.4 Å². The standard InChI is InChI=1S/C20H24N4O3S/c1-15-22-19-6-3-11-21-20(19)24(15)14-16-5-4-12-23(13-16)28(25,26)18-9-7-17(27-2)8-10-18/h3,6-11,16H,4-5,12-14H2,1-2H3. The number of ether oxygens (including phenoxy) is 1. The van der Waals surface area contributed by atoms with Crippen molar-refractivity contribution in [2.75, 3.05) is 20.2 Å².